The Morgan fingerprint density at radius 3 is 2.09 bits per heavy atom. The van der Waals surface area contributed by atoms with Crippen LogP contribution in [0.25, 0.3) is 0 Å². The molecule has 0 amide bonds. The molecule has 11 nitrogen and oxygen atoms in total. The Bertz CT molecular complexity index is 1300. The number of hydrogen-bond acceptors (Lipinski definition) is 11. The number of hydrogen-bond donors (Lipinski definition) is 2. The Hall–Kier alpha value is -2.12. The molecule has 12 heteroatoms. The topological polar surface area (TPSA) is 155 Å². The van der Waals surface area contributed by atoms with Gasteiger partial charge in [0.2, 0.25) is 0 Å². The third kappa shape index (κ3) is 5.83. The second kappa shape index (κ2) is 13.0. The summed E-state index contributed by atoms with van der Waals surface area (Å²) in [6.07, 6.45) is -5.76. The first kappa shape index (κ1) is 37.7. The number of fused-ring (bicyclic) bond motifs is 5. The lowest BCUT2D eigenvalue weighted by Crippen LogP contribution is -2.82. The molecule has 4 aliphatic rings. The number of ether oxygens (including phenoxy) is 4. The van der Waals surface area contributed by atoms with Gasteiger partial charge in [-0.3, -0.25) is 19.2 Å². The molecule has 2 bridgehead atoms. The monoisotopic (exact) mass is 680 g/mol. The van der Waals surface area contributed by atoms with E-state index in [1.807, 2.05) is 13.8 Å². The van der Waals surface area contributed by atoms with E-state index in [2.05, 4.69) is 20.8 Å². The van der Waals surface area contributed by atoms with E-state index in [-0.39, 0.29) is 37.4 Å². The number of Topliss-reactive ketones (excluding diaryl/α,β-unsaturated/α-hetero) is 1. The molecule has 1 heterocycles. The zero-order valence-corrected chi connectivity index (χ0v) is 31.1. The third-order valence-electron chi connectivity index (χ3n) is 12.1. The van der Waals surface area contributed by atoms with Gasteiger partial charge >= 0.3 is 17.9 Å². The van der Waals surface area contributed by atoms with Crippen LogP contribution in [0.4, 0.5) is 0 Å². The van der Waals surface area contributed by atoms with Gasteiger partial charge in [-0.05, 0) is 49.0 Å². The van der Waals surface area contributed by atoms with Crippen LogP contribution in [0.1, 0.15) is 95.4 Å². The lowest BCUT2D eigenvalue weighted by Gasteiger charge is -2.68. The van der Waals surface area contributed by atoms with Crippen LogP contribution in [0.5, 0.6) is 0 Å². The molecule has 0 radical (unpaired) electrons. The predicted molar refractivity (Wildman–Crippen MR) is 174 cm³/mol. The van der Waals surface area contributed by atoms with Crippen molar-refractivity contribution in [3.8, 4) is 0 Å². The van der Waals surface area contributed by atoms with Crippen LogP contribution in [-0.4, -0.2) is 90.6 Å². The second-order valence-corrected chi connectivity index (χ2v) is 20.1. The summed E-state index contributed by atoms with van der Waals surface area (Å²) in [5.41, 5.74) is -5.81. The van der Waals surface area contributed by atoms with Crippen LogP contribution in [-0.2, 0) is 42.6 Å². The average Bonchev–Trinajstić information content (AvgIpc) is 2.96. The first-order valence-corrected chi connectivity index (χ1v) is 19.8. The van der Waals surface area contributed by atoms with Crippen LogP contribution < -0.4 is 0 Å². The van der Waals surface area contributed by atoms with Crippen molar-refractivity contribution in [2.24, 2.45) is 22.7 Å². The number of carbonyl (C=O) groups excluding carboxylic acids is 4. The Labute approximate surface area is 280 Å². The molecule has 3 fully saturated rings. The van der Waals surface area contributed by atoms with Gasteiger partial charge < -0.3 is 33.6 Å². The van der Waals surface area contributed by atoms with Gasteiger partial charge in [0, 0.05) is 38.5 Å². The van der Waals surface area contributed by atoms with E-state index in [1.54, 1.807) is 27.7 Å². The van der Waals surface area contributed by atoms with Crippen molar-refractivity contribution in [3.05, 3.63) is 11.1 Å². The van der Waals surface area contributed by atoms with E-state index < -0.39 is 90.5 Å². The molecule has 0 spiro atoms. The fourth-order valence-corrected chi connectivity index (χ4v) is 12.1. The highest BCUT2D eigenvalue weighted by Crippen LogP contribution is 2.65. The lowest BCUT2D eigenvalue weighted by atomic mass is 9.44. The van der Waals surface area contributed by atoms with Crippen molar-refractivity contribution in [1.82, 2.24) is 0 Å². The summed E-state index contributed by atoms with van der Waals surface area (Å²) in [6, 6.07) is 2.33. The maximum atomic E-state index is 15.5. The average molecular weight is 681 g/mol. The molecule has 2 saturated carbocycles. The van der Waals surface area contributed by atoms with Gasteiger partial charge in [-0.1, -0.05) is 48.5 Å². The van der Waals surface area contributed by atoms with Crippen molar-refractivity contribution in [2.75, 3.05) is 6.61 Å². The standard InChI is InChI=1S/C35H56O11Si/c1-12-47(13-2,14-3)46-24-16-25-34(18-42-25,45-22(8)37)29-31(44-26(39)15-19(4)5)35(41)17-23(38)20(6)27(32(35,9)10)28(43-21(7)36)30(40)33(24,29)11/h19,23-25,28-29,31,38,41H,12-18H2,1-11H3/t23-,24-,25+,28+,29?,31?,33+,34-,35+/m0/s1. The Morgan fingerprint density at radius 1 is 1.02 bits per heavy atom. The number of esters is 3. The van der Waals surface area contributed by atoms with Crippen molar-refractivity contribution in [3.63, 3.8) is 0 Å². The zero-order chi connectivity index (χ0) is 35.5. The van der Waals surface area contributed by atoms with E-state index in [9.17, 15) is 24.6 Å². The molecular formula is C35H56O11Si. The van der Waals surface area contributed by atoms with Gasteiger partial charge in [-0.15, -0.1) is 0 Å². The smallest absolute Gasteiger partial charge is 0.306 e. The van der Waals surface area contributed by atoms with Crippen LogP contribution in [0.2, 0.25) is 18.1 Å². The molecular weight excluding hydrogens is 624 g/mol. The first-order chi connectivity index (χ1) is 21.7. The Balaban J connectivity index is 2.15. The molecule has 0 aromatic heterocycles. The number of carbonyl (C=O) groups is 4. The lowest BCUT2D eigenvalue weighted by molar-refractivity contribution is -0.346. The molecule has 9 atom stereocenters. The minimum Gasteiger partial charge on any atom is -0.459 e. The molecule has 3 aliphatic carbocycles. The number of aliphatic hydroxyl groups excluding tert-OH is 1. The van der Waals surface area contributed by atoms with Crippen molar-refractivity contribution >= 4 is 32.0 Å². The summed E-state index contributed by atoms with van der Waals surface area (Å²) in [6.45, 7) is 19.2. The molecule has 1 aliphatic heterocycles. The summed E-state index contributed by atoms with van der Waals surface area (Å²) < 4.78 is 31.7. The van der Waals surface area contributed by atoms with Gasteiger partial charge in [0.25, 0.3) is 0 Å². The number of rotatable bonds is 10. The Morgan fingerprint density at radius 2 is 1.62 bits per heavy atom. The normalized spacial score (nSPS) is 38.0. The van der Waals surface area contributed by atoms with Gasteiger partial charge in [0.05, 0.1) is 30.1 Å². The van der Waals surface area contributed by atoms with Gasteiger partial charge in [0.1, 0.15) is 17.8 Å². The molecule has 47 heavy (non-hydrogen) atoms. The minimum atomic E-state index is -2.45. The van der Waals surface area contributed by atoms with Gasteiger partial charge in [0.15, 0.2) is 25.8 Å². The highest BCUT2D eigenvalue weighted by Gasteiger charge is 2.78. The summed E-state index contributed by atoms with van der Waals surface area (Å²) in [5, 5.41) is 24.7. The fourth-order valence-electron chi connectivity index (χ4n) is 9.12. The second-order valence-electron chi connectivity index (χ2n) is 15.4. The predicted octanol–water partition coefficient (Wildman–Crippen LogP) is 4.41. The summed E-state index contributed by atoms with van der Waals surface area (Å²) in [4.78, 5) is 54.9. The van der Waals surface area contributed by atoms with E-state index in [1.165, 1.54) is 13.8 Å². The quantitative estimate of drug-likeness (QED) is 0.146. The number of aliphatic hydroxyl groups is 2. The van der Waals surface area contributed by atoms with Gasteiger partial charge in [-0.25, -0.2) is 0 Å². The highest BCUT2D eigenvalue weighted by molar-refractivity contribution is 6.73. The SMILES string of the molecule is CC[Si](CC)(CC)O[C@H]1C[C@H]2OC[C@@]2(OC(C)=O)C2C(OC(=O)CC(C)C)[C@]3(O)C[C@H](O)C(C)=C([C@@H](OC(C)=O)C(=O)[C@@]21C)C3(C)C. The third-order valence-corrected chi connectivity index (χ3v) is 16.7. The van der Waals surface area contributed by atoms with Crippen LogP contribution in [0.3, 0.4) is 0 Å². The zero-order valence-electron chi connectivity index (χ0n) is 30.1. The van der Waals surface area contributed by atoms with Crippen molar-refractivity contribution in [1.29, 1.82) is 0 Å². The molecule has 1 saturated heterocycles. The van der Waals surface area contributed by atoms with Gasteiger partial charge in [-0.2, -0.15) is 0 Å². The summed E-state index contributed by atoms with van der Waals surface area (Å²) >= 11 is 0. The van der Waals surface area contributed by atoms with Crippen molar-refractivity contribution in [2.45, 2.75) is 155 Å². The molecule has 2 N–H and O–H groups in total. The summed E-state index contributed by atoms with van der Waals surface area (Å²) in [5.74, 6) is -3.72. The fraction of sp³-hybridized carbons (Fsp3) is 0.829. The van der Waals surface area contributed by atoms with Crippen LogP contribution >= 0.6 is 0 Å². The maximum Gasteiger partial charge on any atom is 0.306 e. The Kier molecular flexibility index (Phi) is 10.4. The van der Waals surface area contributed by atoms with Crippen LogP contribution in [0.15, 0.2) is 11.1 Å². The molecule has 0 aromatic rings. The number of ketones is 1. The molecule has 0 aromatic carbocycles. The largest absolute Gasteiger partial charge is 0.459 e. The van der Waals surface area contributed by atoms with E-state index in [0.29, 0.717) is 5.57 Å². The molecule has 4 rings (SSSR count). The summed E-state index contributed by atoms with van der Waals surface area (Å²) in [7, 11) is -2.45. The first-order valence-electron chi connectivity index (χ1n) is 17.2. The van der Waals surface area contributed by atoms with E-state index >= 15 is 4.79 Å². The van der Waals surface area contributed by atoms with Crippen molar-refractivity contribution < 1.29 is 52.8 Å². The maximum absolute atomic E-state index is 15.5. The molecule has 2 unspecified atom stereocenters. The molecule has 266 valence electrons. The van der Waals surface area contributed by atoms with E-state index in [0.717, 1.165) is 18.1 Å². The highest BCUT2D eigenvalue weighted by atomic mass is 28.4. The minimum absolute atomic E-state index is 0.0304. The van der Waals surface area contributed by atoms with Crippen LogP contribution in [0, 0.1) is 22.7 Å². The van der Waals surface area contributed by atoms with E-state index in [4.69, 9.17) is 23.4 Å².